The van der Waals surface area contributed by atoms with Gasteiger partial charge in [0.05, 0.1) is 16.5 Å². The SMILES string of the molecule is Cc1ccc(N2OC3(CCCCC3)n3c(=O)c4ccccc4c(=O)n3[C@H]2c2ccccc2)cc1. The van der Waals surface area contributed by atoms with Gasteiger partial charge in [-0.15, -0.1) is 0 Å². The third kappa shape index (κ3) is 3.13. The number of hydrogen-bond acceptors (Lipinski definition) is 4. The van der Waals surface area contributed by atoms with Crippen molar-refractivity contribution in [2.45, 2.75) is 50.9 Å². The standard InChI is InChI=1S/C28H27N3O3/c1-20-14-16-22(17-15-20)30-25(21-10-4-2-5-11-21)29-26(32)23-12-6-7-13-24(23)27(33)31(29)28(34-30)18-8-3-9-19-28/h2,4-7,10-17,25H,3,8-9,18-19H2,1H3/t25-/m1/s1. The molecule has 34 heavy (non-hydrogen) atoms. The van der Waals surface area contributed by atoms with Gasteiger partial charge in [0.2, 0.25) is 0 Å². The number of hydroxylamine groups is 1. The lowest BCUT2D eigenvalue weighted by Gasteiger charge is -2.50. The van der Waals surface area contributed by atoms with Crippen LogP contribution in [0.2, 0.25) is 0 Å². The number of aryl methyl sites for hydroxylation is 1. The maximum absolute atomic E-state index is 14.1. The maximum atomic E-state index is 14.1. The van der Waals surface area contributed by atoms with Crippen molar-refractivity contribution in [3.8, 4) is 0 Å². The van der Waals surface area contributed by atoms with Gasteiger partial charge in [0.1, 0.15) is 0 Å². The summed E-state index contributed by atoms with van der Waals surface area (Å²) in [6, 6.07) is 25.0. The van der Waals surface area contributed by atoms with Gasteiger partial charge in [-0.1, -0.05) is 66.6 Å². The quantitative estimate of drug-likeness (QED) is 0.424. The van der Waals surface area contributed by atoms with Crippen molar-refractivity contribution in [1.82, 2.24) is 9.36 Å². The second kappa shape index (κ2) is 7.99. The van der Waals surface area contributed by atoms with Crippen LogP contribution in [0.3, 0.4) is 0 Å². The minimum Gasteiger partial charge on any atom is -0.267 e. The summed E-state index contributed by atoms with van der Waals surface area (Å²) in [5.74, 6) is 0. The second-order valence-electron chi connectivity index (χ2n) is 9.36. The summed E-state index contributed by atoms with van der Waals surface area (Å²) in [7, 11) is 0. The molecule has 0 radical (unpaired) electrons. The van der Waals surface area contributed by atoms with Crippen LogP contribution in [-0.4, -0.2) is 9.36 Å². The summed E-state index contributed by atoms with van der Waals surface area (Å²) in [5.41, 5.74) is 1.59. The number of hydrogen-bond donors (Lipinski definition) is 0. The summed E-state index contributed by atoms with van der Waals surface area (Å²) >= 11 is 0. The molecule has 6 nitrogen and oxygen atoms in total. The molecule has 1 atom stereocenters. The van der Waals surface area contributed by atoms with Gasteiger partial charge in [-0.2, -0.15) is 0 Å². The molecule has 3 aromatic carbocycles. The number of rotatable bonds is 2. The molecule has 2 heterocycles. The topological polar surface area (TPSA) is 56.5 Å². The van der Waals surface area contributed by atoms with E-state index in [0.29, 0.717) is 23.6 Å². The fourth-order valence-electron chi connectivity index (χ4n) is 5.45. The predicted octanol–water partition coefficient (Wildman–Crippen LogP) is 5.09. The van der Waals surface area contributed by atoms with E-state index in [9.17, 15) is 9.59 Å². The molecule has 2 aliphatic rings. The van der Waals surface area contributed by atoms with Crippen molar-refractivity contribution in [3.05, 3.63) is 111 Å². The van der Waals surface area contributed by atoms with E-state index in [1.807, 2.05) is 78.7 Å². The van der Waals surface area contributed by atoms with Crippen LogP contribution in [0.5, 0.6) is 0 Å². The van der Waals surface area contributed by atoms with Gasteiger partial charge in [-0.3, -0.25) is 9.59 Å². The van der Waals surface area contributed by atoms with Crippen molar-refractivity contribution in [3.63, 3.8) is 0 Å². The van der Waals surface area contributed by atoms with Gasteiger partial charge in [0.25, 0.3) is 11.1 Å². The van der Waals surface area contributed by atoms with Crippen LogP contribution in [0.1, 0.15) is 49.4 Å². The smallest absolute Gasteiger partial charge is 0.267 e. The van der Waals surface area contributed by atoms with Gasteiger partial charge in [0, 0.05) is 0 Å². The molecule has 0 unspecified atom stereocenters. The molecule has 1 aliphatic carbocycles. The minimum atomic E-state index is -0.908. The molecule has 1 aromatic heterocycles. The highest BCUT2D eigenvalue weighted by atomic mass is 16.7. The molecule has 172 valence electrons. The van der Waals surface area contributed by atoms with Crippen molar-refractivity contribution in [2.75, 3.05) is 5.06 Å². The lowest BCUT2D eigenvalue weighted by atomic mass is 9.91. The molecular weight excluding hydrogens is 426 g/mol. The molecule has 1 spiro atoms. The van der Waals surface area contributed by atoms with Crippen LogP contribution in [0.15, 0.2) is 88.5 Å². The maximum Gasteiger partial charge on any atom is 0.276 e. The Bertz CT molecular complexity index is 1470. The van der Waals surface area contributed by atoms with Crippen LogP contribution in [-0.2, 0) is 10.6 Å². The van der Waals surface area contributed by atoms with Gasteiger partial charge in [0.15, 0.2) is 11.9 Å². The summed E-state index contributed by atoms with van der Waals surface area (Å²) in [6.45, 7) is 2.05. The van der Waals surface area contributed by atoms with Crippen LogP contribution < -0.4 is 16.2 Å². The molecule has 6 rings (SSSR count). The molecule has 6 heteroatoms. The van der Waals surface area contributed by atoms with Crippen molar-refractivity contribution < 1.29 is 4.84 Å². The Labute approximate surface area is 197 Å². The molecule has 0 bridgehead atoms. The van der Waals surface area contributed by atoms with E-state index in [-0.39, 0.29) is 11.1 Å². The molecule has 1 fully saturated rings. The molecule has 0 saturated heterocycles. The van der Waals surface area contributed by atoms with E-state index in [1.54, 1.807) is 21.5 Å². The second-order valence-corrected chi connectivity index (χ2v) is 9.36. The first-order valence-corrected chi connectivity index (χ1v) is 12.0. The molecule has 0 amide bonds. The fourth-order valence-corrected chi connectivity index (χ4v) is 5.45. The highest BCUT2D eigenvalue weighted by Gasteiger charge is 2.48. The number of fused-ring (bicyclic) bond motifs is 3. The van der Waals surface area contributed by atoms with Crippen LogP contribution >= 0.6 is 0 Å². The summed E-state index contributed by atoms with van der Waals surface area (Å²) in [6.07, 6.45) is 3.69. The Morgan fingerprint density at radius 1 is 0.765 bits per heavy atom. The minimum absolute atomic E-state index is 0.179. The zero-order chi connectivity index (χ0) is 23.3. The van der Waals surface area contributed by atoms with E-state index in [4.69, 9.17) is 4.84 Å². The molecule has 1 saturated carbocycles. The van der Waals surface area contributed by atoms with E-state index in [2.05, 4.69) is 0 Å². The summed E-state index contributed by atoms with van der Waals surface area (Å²) < 4.78 is 3.29. The normalized spacial score (nSPS) is 19.3. The lowest BCUT2D eigenvalue weighted by molar-refractivity contribution is -0.198. The summed E-state index contributed by atoms with van der Waals surface area (Å²) in [4.78, 5) is 34.9. The number of anilines is 1. The van der Waals surface area contributed by atoms with Gasteiger partial charge < -0.3 is 0 Å². The largest absolute Gasteiger partial charge is 0.276 e. The Hall–Kier alpha value is -3.64. The van der Waals surface area contributed by atoms with Crippen molar-refractivity contribution >= 4 is 16.5 Å². The van der Waals surface area contributed by atoms with Crippen molar-refractivity contribution in [2.24, 2.45) is 0 Å². The van der Waals surface area contributed by atoms with Gasteiger partial charge >= 0.3 is 0 Å². The average Bonchev–Trinajstić information content (AvgIpc) is 2.88. The van der Waals surface area contributed by atoms with E-state index in [1.165, 1.54) is 0 Å². The van der Waals surface area contributed by atoms with E-state index < -0.39 is 11.9 Å². The average molecular weight is 454 g/mol. The Balaban J connectivity index is 1.72. The third-order valence-electron chi connectivity index (χ3n) is 7.13. The van der Waals surface area contributed by atoms with E-state index in [0.717, 1.165) is 36.1 Å². The Morgan fingerprint density at radius 2 is 1.38 bits per heavy atom. The first-order valence-electron chi connectivity index (χ1n) is 12.0. The van der Waals surface area contributed by atoms with Gasteiger partial charge in [-0.05, 0) is 62.4 Å². The van der Waals surface area contributed by atoms with Crippen molar-refractivity contribution in [1.29, 1.82) is 0 Å². The number of nitrogens with zero attached hydrogens (tertiary/aromatic N) is 3. The Kier molecular flexibility index (Phi) is 4.92. The zero-order valence-electron chi connectivity index (χ0n) is 19.2. The molecule has 4 aromatic rings. The highest BCUT2D eigenvalue weighted by Crippen LogP contribution is 2.43. The van der Waals surface area contributed by atoms with Crippen LogP contribution in [0, 0.1) is 6.92 Å². The van der Waals surface area contributed by atoms with E-state index >= 15 is 0 Å². The third-order valence-corrected chi connectivity index (χ3v) is 7.13. The molecular formula is C28H27N3O3. The van der Waals surface area contributed by atoms with Gasteiger partial charge in [-0.25, -0.2) is 19.3 Å². The summed E-state index contributed by atoms with van der Waals surface area (Å²) in [5, 5.41) is 2.71. The van der Waals surface area contributed by atoms with Crippen LogP contribution in [0.25, 0.3) is 10.8 Å². The Morgan fingerprint density at radius 3 is 2.06 bits per heavy atom. The number of benzene rings is 3. The first-order chi connectivity index (χ1) is 16.6. The monoisotopic (exact) mass is 453 g/mol. The highest BCUT2D eigenvalue weighted by molar-refractivity contribution is 5.80. The first kappa shape index (κ1) is 20.9. The van der Waals surface area contributed by atoms with Crippen LogP contribution in [0.4, 0.5) is 5.69 Å². The number of aromatic nitrogens is 2. The fraction of sp³-hybridized carbons (Fsp3) is 0.286. The zero-order valence-corrected chi connectivity index (χ0v) is 19.2. The lowest BCUT2D eigenvalue weighted by Crippen LogP contribution is -2.62. The molecule has 1 aliphatic heterocycles. The predicted molar refractivity (Wildman–Crippen MR) is 133 cm³/mol. The molecule has 0 N–H and O–H groups in total.